The van der Waals surface area contributed by atoms with Gasteiger partial charge in [0.05, 0.1) is 19.3 Å². The second-order valence-corrected chi connectivity index (χ2v) is 5.61. The molecule has 1 aromatic carbocycles. The van der Waals surface area contributed by atoms with Crippen molar-refractivity contribution in [3.63, 3.8) is 0 Å². The van der Waals surface area contributed by atoms with E-state index in [2.05, 4.69) is 18.8 Å². The van der Waals surface area contributed by atoms with Crippen LogP contribution in [0.1, 0.15) is 50.2 Å². The van der Waals surface area contributed by atoms with E-state index < -0.39 is 0 Å². The Kier molecular flexibility index (Phi) is 6.22. The van der Waals surface area contributed by atoms with Crippen molar-refractivity contribution in [2.75, 3.05) is 6.54 Å². The monoisotopic (exact) mass is 289 g/mol. The number of nitrogens with two attached hydrogens (primary N) is 1. The van der Waals surface area contributed by atoms with Gasteiger partial charge in [0, 0.05) is 5.56 Å². The van der Waals surface area contributed by atoms with Gasteiger partial charge in [-0.1, -0.05) is 44.1 Å². The Morgan fingerprint density at radius 1 is 1.33 bits per heavy atom. The molecular formula is C18H24FNO. The standard InChI is InChI=1S/C18H24FNO/c1-2-14-6-3-4-8-18(14)21-13-16-9-10-17(19)12-15(16)7-5-11-20/h9-10,12,14,18H,2-4,6,8,11,13,20H2,1H3. The molecule has 0 bridgehead atoms. The largest absolute Gasteiger partial charge is 0.373 e. The summed E-state index contributed by atoms with van der Waals surface area (Å²) in [5.74, 6) is 6.09. The maximum atomic E-state index is 13.3. The fourth-order valence-corrected chi connectivity index (χ4v) is 2.99. The molecular weight excluding hydrogens is 265 g/mol. The van der Waals surface area contributed by atoms with Gasteiger partial charge in [0.15, 0.2) is 0 Å². The van der Waals surface area contributed by atoms with Crippen LogP contribution < -0.4 is 5.73 Å². The topological polar surface area (TPSA) is 35.2 Å². The van der Waals surface area contributed by atoms with Gasteiger partial charge in [-0.2, -0.15) is 0 Å². The SMILES string of the molecule is CCC1CCCCC1OCc1ccc(F)cc1C#CCN. The summed E-state index contributed by atoms with van der Waals surface area (Å²) in [6.07, 6.45) is 6.41. The van der Waals surface area contributed by atoms with Crippen LogP contribution >= 0.6 is 0 Å². The third kappa shape index (κ3) is 4.56. The third-order valence-corrected chi connectivity index (χ3v) is 4.21. The Hall–Kier alpha value is -1.37. The van der Waals surface area contributed by atoms with E-state index in [0.717, 1.165) is 18.4 Å². The molecule has 1 aromatic rings. The van der Waals surface area contributed by atoms with Gasteiger partial charge in [-0.3, -0.25) is 0 Å². The summed E-state index contributed by atoms with van der Waals surface area (Å²) in [6, 6.07) is 4.68. The Labute approximate surface area is 126 Å². The highest BCUT2D eigenvalue weighted by molar-refractivity contribution is 5.41. The van der Waals surface area contributed by atoms with E-state index >= 15 is 0 Å². The molecule has 21 heavy (non-hydrogen) atoms. The number of hydrogen-bond donors (Lipinski definition) is 1. The predicted octanol–water partition coefficient (Wildman–Crippen LogP) is 3.62. The number of hydrogen-bond acceptors (Lipinski definition) is 2. The molecule has 0 saturated heterocycles. The second-order valence-electron chi connectivity index (χ2n) is 5.61. The van der Waals surface area contributed by atoms with Crippen molar-refractivity contribution in [3.05, 3.63) is 35.1 Å². The molecule has 2 N–H and O–H groups in total. The van der Waals surface area contributed by atoms with Crippen molar-refractivity contribution >= 4 is 0 Å². The minimum Gasteiger partial charge on any atom is -0.373 e. The van der Waals surface area contributed by atoms with Gasteiger partial charge in [-0.15, -0.1) is 0 Å². The van der Waals surface area contributed by atoms with Gasteiger partial charge in [0.1, 0.15) is 5.82 Å². The van der Waals surface area contributed by atoms with E-state index in [1.54, 1.807) is 6.07 Å². The van der Waals surface area contributed by atoms with E-state index in [1.807, 2.05) is 0 Å². The number of halogens is 1. The van der Waals surface area contributed by atoms with Gasteiger partial charge in [0.2, 0.25) is 0 Å². The van der Waals surface area contributed by atoms with Gasteiger partial charge < -0.3 is 10.5 Å². The minimum atomic E-state index is -0.274. The highest BCUT2D eigenvalue weighted by Gasteiger charge is 2.24. The molecule has 2 atom stereocenters. The molecule has 0 aromatic heterocycles. The molecule has 1 aliphatic rings. The second kappa shape index (κ2) is 8.17. The number of rotatable bonds is 4. The lowest BCUT2D eigenvalue weighted by Crippen LogP contribution is -2.27. The first-order chi connectivity index (χ1) is 10.2. The Morgan fingerprint density at radius 3 is 2.90 bits per heavy atom. The lowest BCUT2D eigenvalue weighted by molar-refractivity contribution is -0.0222. The highest BCUT2D eigenvalue weighted by atomic mass is 19.1. The maximum Gasteiger partial charge on any atom is 0.124 e. The van der Waals surface area contributed by atoms with Crippen LogP contribution in [0.2, 0.25) is 0 Å². The summed E-state index contributed by atoms with van der Waals surface area (Å²) in [5.41, 5.74) is 7.02. The normalized spacial score (nSPS) is 21.7. The van der Waals surface area contributed by atoms with Crippen molar-refractivity contribution in [2.24, 2.45) is 11.7 Å². The van der Waals surface area contributed by atoms with E-state index in [-0.39, 0.29) is 12.4 Å². The molecule has 114 valence electrons. The zero-order chi connectivity index (χ0) is 15.1. The molecule has 0 heterocycles. The fraction of sp³-hybridized carbons (Fsp3) is 0.556. The van der Waals surface area contributed by atoms with E-state index in [1.165, 1.54) is 31.4 Å². The maximum absolute atomic E-state index is 13.3. The molecule has 2 nitrogen and oxygen atoms in total. The first kappa shape index (κ1) is 16.0. The van der Waals surface area contributed by atoms with Crippen LogP contribution in [0.5, 0.6) is 0 Å². The molecule has 0 aliphatic heterocycles. The minimum absolute atomic E-state index is 0.274. The van der Waals surface area contributed by atoms with Crippen LogP contribution in [0.15, 0.2) is 18.2 Å². The van der Waals surface area contributed by atoms with Crippen LogP contribution in [0.4, 0.5) is 4.39 Å². The summed E-state index contributed by atoms with van der Waals surface area (Å²) < 4.78 is 19.5. The zero-order valence-electron chi connectivity index (χ0n) is 12.7. The van der Waals surface area contributed by atoms with Crippen molar-refractivity contribution < 1.29 is 9.13 Å². The molecule has 2 unspecified atom stereocenters. The number of benzene rings is 1. The lowest BCUT2D eigenvalue weighted by Gasteiger charge is -2.30. The molecule has 2 rings (SSSR count). The van der Waals surface area contributed by atoms with E-state index in [4.69, 9.17) is 10.5 Å². The quantitative estimate of drug-likeness (QED) is 0.859. The molecule has 1 fully saturated rings. The van der Waals surface area contributed by atoms with Crippen molar-refractivity contribution in [2.45, 2.75) is 51.7 Å². The van der Waals surface area contributed by atoms with Crippen LogP contribution in [0.3, 0.4) is 0 Å². The summed E-state index contributed by atoms with van der Waals surface area (Å²) in [4.78, 5) is 0. The Morgan fingerprint density at radius 2 is 2.14 bits per heavy atom. The summed E-state index contributed by atoms with van der Waals surface area (Å²) in [5, 5.41) is 0. The Bertz CT molecular complexity index is 518. The summed E-state index contributed by atoms with van der Waals surface area (Å²) >= 11 is 0. The van der Waals surface area contributed by atoms with Crippen LogP contribution in [0.25, 0.3) is 0 Å². The van der Waals surface area contributed by atoms with Crippen molar-refractivity contribution in [3.8, 4) is 11.8 Å². The smallest absolute Gasteiger partial charge is 0.124 e. The van der Waals surface area contributed by atoms with Gasteiger partial charge >= 0.3 is 0 Å². The molecule has 1 saturated carbocycles. The van der Waals surface area contributed by atoms with Gasteiger partial charge in [-0.25, -0.2) is 4.39 Å². The first-order valence-corrected chi connectivity index (χ1v) is 7.83. The van der Waals surface area contributed by atoms with Crippen molar-refractivity contribution in [1.29, 1.82) is 0 Å². The van der Waals surface area contributed by atoms with Crippen molar-refractivity contribution in [1.82, 2.24) is 0 Å². The Balaban J connectivity index is 2.05. The lowest BCUT2D eigenvalue weighted by atomic mass is 9.85. The molecule has 3 heteroatoms. The van der Waals surface area contributed by atoms with Crippen LogP contribution in [-0.4, -0.2) is 12.6 Å². The molecule has 0 amide bonds. The highest BCUT2D eigenvalue weighted by Crippen LogP contribution is 2.30. The third-order valence-electron chi connectivity index (χ3n) is 4.21. The molecule has 1 aliphatic carbocycles. The fourth-order valence-electron chi connectivity index (χ4n) is 2.99. The average Bonchev–Trinajstić information content (AvgIpc) is 2.52. The van der Waals surface area contributed by atoms with Crippen LogP contribution in [0, 0.1) is 23.6 Å². The van der Waals surface area contributed by atoms with E-state index in [0.29, 0.717) is 24.2 Å². The van der Waals surface area contributed by atoms with Gasteiger partial charge in [-0.05, 0) is 36.5 Å². The van der Waals surface area contributed by atoms with E-state index in [9.17, 15) is 4.39 Å². The summed E-state index contributed by atoms with van der Waals surface area (Å²) in [7, 11) is 0. The molecule has 0 radical (unpaired) electrons. The predicted molar refractivity (Wildman–Crippen MR) is 83.2 cm³/mol. The molecule has 0 spiro atoms. The number of ether oxygens (including phenoxy) is 1. The van der Waals surface area contributed by atoms with Crippen LogP contribution in [-0.2, 0) is 11.3 Å². The summed E-state index contributed by atoms with van der Waals surface area (Å²) in [6.45, 7) is 3.00. The average molecular weight is 289 g/mol. The van der Waals surface area contributed by atoms with Gasteiger partial charge in [0.25, 0.3) is 0 Å². The first-order valence-electron chi connectivity index (χ1n) is 7.83. The zero-order valence-corrected chi connectivity index (χ0v) is 12.7.